The molecule has 3 rings (SSSR count). The number of aryl methyl sites for hydroxylation is 2. The van der Waals surface area contributed by atoms with Crippen LogP contribution in [0.5, 0.6) is 0 Å². The van der Waals surface area contributed by atoms with E-state index in [1.165, 1.54) is 22.4 Å². The zero-order valence-corrected chi connectivity index (χ0v) is 14.0. The number of pyridine rings is 1. The summed E-state index contributed by atoms with van der Waals surface area (Å²) in [5, 5.41) is 11.5. The van der Waals surface area contributed by atoms with Gasteiger partial charge in [-0.1, -0.05) is 41.6 Å². The predicted octanol–water partition coefficient (Wildman–Crippen LogP) is 3.51. The van der Waals surface area contributed by atoms with Gasteiger partial charge in [-0.3, -0.25) is 19.3 Å². The molecule has 7 heteroatoms. The number of thioether (sulfide) groups is 1. The van der Waals surface area contributed by atoms with Crippen LogP contribution >= 0.6 is 11.8 Å². The smallest absolute Gasteiger partial charge is 0.262 e. The van der Waals surface area contributed by atoms with Crippen LogP contribution in [-0.4, -0.2) is 14.3 Å². The van der Waals surface area contributed by atoms with Gasteiger partial charge in [-0.15, -0.1) is 0 Å². The highest BCUT2D eigenvalue weighted by molar-refractivity contribution is 7.98. The molecule has 1 aromatic carbocycles. The number of fused-ring (bicyclic) bond motifs is 1. The van der Waals surface area contributed by atoms with Gasteiger partial charge in [0.25, 0.3) is 0 Å². The van der Waals surface area contributed by atoms with Crippen molar-refractivity contribution in [2.24, 2.45) is 0 Å². The number of nitro groups is 1. The molecule has 0 aliphatic heterocycles. The van der Waals surface area contributed by atoms with Crippen LogP contribution in [0.2, 0.25) is 0 Å². The Kier molecular flexibility index (Phi) is 4.35. The van der Waals surface area contributed by atoms with Crippen molar-refractivity contribution in [1.29, 1.82) is 0 Å². The molecule has 0 unspecified atom stereocenters. The Balaban J connectivity index is 2.05. The van der Waals surface area contributed by atoms with Crippen LogP contribution in [0.3, 0.4) is 0 Å². The minimum Gasteiger partial charge on any atom is -0.262 e. The summed E-state index contributed by atoms with van der Waals surface area (Å²) in [6.45, 7) is 3.99. The van der Waals surface area contributed by atoms with Crippen LogP contribution in [0.1, 0.15) is 16.7 Å². The summed E-state index contributed by atoms with van der Waals surface area (Å²) in [6.07, 6.45) is 1.48. The maximum atomic E-state index is 12.4. The maximum Gasteiger partial charge on any atom is 0.366 e. The van der Waals surface area contributed by atoms with Gasteiger partial charge >= 0.3 is 11.2 Å². The largest absolute Gasteiger partial charge is 0.366 e. The molecule has 0 fully saturated rings. The van der Waals surface area contributed by atoms with E-state index in [4.69, 9.17) is 0 Å². The van der Waals surface area contributed by atoms with E-state index in [2.05, 4.69) is 4.98 Å². The first-order valence-electron chi connectivity index (χ1n) is 7.32. The summed E-state index contributed by atoms with van der Waals surface area (Å²) in [7, 11) is 0. The molecule has 0 bridgehead atoms. The number of rotatable bonds is 4. The summed E-state index contributed by atoms with van der Waals surface area (Å²) < 4.78 is 1.19. The van der Waals surface area contributed by atoms with E-state index < -0.39 is 16.2 Å². The van der Waals surface area contributed by atoms with E-state index in [-0.39, 0.29) is 5.03 Å². The molecule has 3 aromatic rings. The normalized spacial score (nSPS) is 10.9. The van der Waals surface area contributed by atoms with Crippen molar-refractivity contribution < 1.29 is 4.92 Å². The molecular weight excluding hydrogens is 326 g/mol. The van der Waals surface area contributed by atoms with Crippen molar-refractivity contribution in [1.82, 2.24) is 9.38 Å². The highest BCUT2D eigenvalue weighted by atomic mass is 32.2. The molecule has 2 aromatic heterocycles. The summed E-state index contributed by atoms with van der Waals surface area (Å²) in [5.74, 6) is 0.518. The van der Waals surface area contributed by atoms with Crippen molar-refractivity contribution in [3.8, 4) is 0 Å². The number of nitrogens with zero attached hydrogens (tertiary/aromatic N) is 3. The average molecular weight is 341 g/mol. The van der Waals surface area contributed by atoms with Gasteiger partial charge in [0.2, 0.25) is 0 Å². The van der Waals surface area contributed by atoms with Crippen LogP contribution in [-0.2, 0) is 5.75 Å². The highest BCUT2D eigenvalue weighted by Gasteiger charge is 2.23. The quantitative estimate of drug-likeness (QED) is 0.314. The lowest BCUT2D eigenvalue weighted by Crippen LogP contribution is -2.19. The first-order chi connectivity index (χ1) is 11.5. The van der Waals surface area contributed by atoms with E-state index in [9.17, 15) is 14.9 Å². The Morgan fingerprint density at radius 2 is 2.04 bits per heavy atom. The molecule has 0 radical (unpaired) electrons. The summed E-state index contributed by atoms with van der Waals surface area (Å²) in [5.41, 5.74) is 2.56. The third-order valence-corrected chi connectivity index (χ3v) is 4.74. The summed E-state index contributed by atoms with van der Waals surface area (Å²) >= 11 is 1.21. The van der Waals surface area contributed by atoms with Crippen molar-refractivity contribution >= 4 is 23.1 Å². The van der Waals surface area contributed by atoms with Crippen LogP contribution in [0.4, 0.5) is 5.69 Å². The molecule has 0 amide bonds. The van der Waals surface area contributed by atoms with Crippen LogP contribution in [0.25, 0.3) is 5.65 Å². The van der Waals surface area contributed by atoms with Crippen LogP contribution in [0.15, 0.2) is 52.4 Å². The first kappa shape index (κ1) is 16.2. The fourth-order valence-corrected chi connectivity index (χ4v) is 3.48. The lowest BCUT2D eigenvalue weighted by atomic mass is 10.1. The van der Waals surface area contributed by atoms with Crippen molar-refractivity contribution in [3.05, 3.63) is 79.8 Å². The van der Waals surface area contributed by atoms with Gasteiger partial charge < -0.3 is 0 Å². The van der Waals surface area contributed by atoms with Crippen molar-refractivity contribution in [3.63, 3.8) is 0 Å². The predicted molar refractivity (Wildman–Crippen MR) is 93.6 cm³/mol. The zero-order valence-electron chi connectivity index (χ0n) is 13.2. The van der Waals surface area contributed by atoms with Gasteiger partial charge in [-0.2, -0.15) is 0 Å². The van der Waals surface area contributed by atoms with Gasteiger partial charge in [-0.05, 0) is 37.1 Å². The Labute approximate surface area is 142 Å². The second-order valence-electron chi connectivity index (χ2n) is 5.48. The molecule has 0 atom stereocenters. The first-order valence-corrected chi connectivity index (χ1v) is 8.30. The minimum absolute atomic E-state index is 0.150. The van der Waals surface area contributed by atoms with Crippen LogP contribution in [0, 0.1) is 24.0 Å². The van der Waals surface area contributed by atoms with E-state index >= 15 is 0 Å². The molecule has 2 heterocycles. The lowest BCUT2D eigenvalue weighted by molar-refractivity contribution is -0.389. The van der Waals surface area contributed by atoms with Crippen LogP contribution < -0.4 is 5.56 Å². The average Bonchev–Trinajstić information content (AvgIpc) is 2.55. The number of aromatic nitrogens is 2. The Bertz CT molecular complexity index is 998. The molecule has 0 aliphatic carbocycles. The Hall–Kier alpha value is -2.67. The number of hydrogen-bond donors (Lipinski definition) is 0. The van der Waals surface area contributed by atoms with Gasteiger partial charge in [0.15, 0.2) is 5.03 Å². The van der Waals surface area contributed by atoms with E-state index in [0.29, 0.717) is 11.4 Å². The van der Waals surface area contributed by atoms with Gasteiger partial charge in [0, 0.05) is 11.9 Å². The van der Waals surface area contributed by atoms with Crippen molar-refractivity contribution in [2.75, 3.05) is 0 Å². The zero-order chi connectivity index (χ0) is 17.3. The molecule has 0 spiro atoms. The second-order valence-corrected chi connectivity index (χ2v) is 6.44. The second kappa shape index (κ2) is 6.45. The third kappa shape index (κ3) is 3.03. The minimum atomic E-state index is -0.658. The molecule has 0 saturated heterocycles. The van der Waals surface area contributed by atoms with Gasteiger partial charge in [0.05, 0.1) is 4.92 Å². The standard InChI is InChI=1S/C17H15N3O3S/c1-11-6-7-12(2)13(9-11)10-24-16-15(20(22)23)17(21)19-8-4-3-5-14(19)18-16/h3-9H,10H2,1-2H3. The fraction of sp³-hybridized carbons (Fsp3) is 0.176. The Morgan fingerprint density at radius 1 is 1.25 bits per heavy atom. The van der Waals surface area contributed by atoms with E-state index in [1.54, 1.807) is 18.2 Å². The molecule has 0 aliphatic rings. The molecule has 6 nitrogen and oxygen atoms in total. The number of hydrogen-bond acceptors (Lipinski definition) is 5. The molecular formula is C17H15N3O3S. The Morgan fingerprint density at radius 3 is 2.79 bits per heavy atom. The van der Waals surface area contributed by atoms with Gasteiger partial charge in [0.1, 0.15) is 5.65 Å². The molecule has 122 valence electrons. The summed E-state index contributed by atoms with van der Waals surface area (Å²) in [4.78, 5) is 27.4. The molecule has 0 saturated carbocycles. The topological polar surface area (TPSA) is 77.5 Å². The number of benzene rings is 1. The molecule has 24 heavy (non-hydrogen) atoms. The summed E-state index contributed by atoms with van der Waals surface area (Å²) in [6, 6.07) is 11.1. The maximum absolute atomic E-state index is 12.4. The van der Waals surface area contributed by atoms with E-state index in [1.807, 2.05) is 32.0 Å². The monoisotopic (exact) mass is 341 g/mol. The third-order valence-electron chi connectivity index (χ3n) is 3.73. The van der Waals surface area contributed by atoms with Gasteiger partial charge in [-0.25, -0.2) is 4.98 Å². The fourth-order valence-electron chi connectivity index (χ4n) is 2.42. The lowest BCUT2D eigenvalue weighted by Gasteiger charge is -2.08. The molecule has 0 N–H and O–H groups in total. The SMILES string of the molecule is Cc1ccc(C)c(CSc2nc3ccccn3c(=O)c2[N+](=O)[O-])c1. The van der Waals surface area contributed by atoms with E-state index in [0.717, 1.165) is 16.7 Å². The van der Waals surface area contributed by atoms with Crippen molar-refractivity contribution in [2.45, 2.75) is 24.6 Å². The highest BCUT2D eigenvalue weighted by Crippen LogP contribution is 2.29.